The average Bonchev–Trinajstić information content (AvgIpc) is 3.24. The smallest absolute Gasteiger partial charge is 0.320 e. The number of para-hydroxylation sites is 1. The van der Waals surface area contributed by atoms with E-state index in [1.165, 1.54) is 24.4 Å². The van der Waals surface area contributed by atoms with E-state index in [1.54, 1.807) is 13.0 Å². The zero-order chi connectivity index (χ0) is 16.6. The Kier molecular flexibility index (Phi) is 4.12. The van der Waals surface area contributed by atoms with Crippen LogP contribution in [0.2, 0.25) is 0 Å². The van der Waals surface area contributed by atoms with Crippen molar-refractivity contribution < 1.29 is 18.7 Å². The van der Waals surface area contributed by atoms with Crippen LogP contribution in [-0.4, -0.2) is 37.8 Å². The highest BCUT2D eigenvalue weighted by Crippen LogP contribution is 2.30. The fourth-order valence-corrected chi connectivity index (χ4v) is 2.60. The first kappa shape index (κ1) is 15.6. The predicted molar refractivity (Wildman–Crippen MR) is 79.1 cm³/mol. The molecule has 7 heteroatoms. The van der Waals surface area contributed by atoms with Gasteiger partial charge in [0.2, 0.25) is 0 Å². The van der Waals surface area contributed by atoms with Gasteiger partial charge in [0.1, 0.15) is 11.7 Å². The summed E-state index contributed by atoms with van der Waals surface area (Å²) in [5.74, 6) is -2.29. The summed E-state index contributed by atoms with van der Waals surface area (Å²) in [5, 5.41) is 13.4. The molecule has 3 rings (SSSR count). The Labute approximate surface area is 132 Å². The highest BCUT2D eigenvalue weighted by Gasteiger charge is 2.35. The van der Waals surface area contributed by atoms with E-state index in [-0.39, 0.29) is 11.7 Å². The molecular weight excluding hydrogens is 304 g/mol. The van der Waals surface area contributed by atoms with Crippen molar-refractivity contribution in [3.8, 4) is 5.69 Å². The van der Waals surface area contributed by atoms with Crippen molar-refractivity contribution in [2.24, 2.45) is 0 Å². The topological polar surface area (TPSA) is 58.4 Å². The van der Waals surface area contributed by atoms with Gasteiger partial charge in [-0.25, -0.2) is 13.5 Å². The molecule has 1 saturated carbocycles. The van der Waals surface area contributed by atoms with Gasteiger partial charge in [-0.1, -0.05) is 6.07 Å². The minimum Gasteiger partial charge on any atom is -0.480 e. The summed E-state index contributed by atoms with van der Waals surface area (Å²) in [6.45, 7) is 1.97. The van der Waals surface area contributed by atoms with Crippen molar-refractivity contribution in [2.75, 3.05) is 0 Å². The highest BCUT2D eigenvalue weighted by molar-refractivity contribution is 5.73. The van der Waals surface area contributed by atoms with Crippen LogP contribution in [0.3, 0.4) is 0 Å². The molecule has 0 aliphatic heterocycles. The molecule has 0 amide bonds. The van der Waals surface area contributed by atoms with Gasteiger partial charge in [0, 0.05) is 18.8 Å². The van der Waals surface area contributed by atoms with Gasteiger partial charge >= 0.3 is 5.97 Å². The van der Waals surface area contributed by atoms with Crippen molar-refractivity contribution in [2.45, 2.75) is 38.4 Å². The number of hydrogen-bond acceptors (Lipinski definition) is 3. The van der Waals surface area contributed by atoms with E-state index >= 15 is 0 Å². The van der Waals surface area contributed by atoms with E-state index in [0.717, 1.165) is 17.5 Å². The van der Waals surface area contributed by atoms with Gasteiger partial charge in [-0.15, -0.1) is 0 Å². The van der Waals surface area contributed by atoms with Gasteiger partial charge in [0.05, 0.1) is 5.69 Å². The van der Waals surface area contributed by atoms with Gasteiger partial charge in [0.15, 0.2) is 11.6 Å². The lowest BCUT2D eigenvalue weighted by Crippen LogP contribution is -2.40. The Bertz CT molecular complexity index is 708. The number of carboxylic acid groups (broad SMARTS) is 1. The van der Waals surface area contributed by atoms with E-state index in [1.807, 2.05) is 4.90 Å². The Morgan fingerprint density at radius 3 is 2.61 bits per heavy atom. The summed E-state index contributed by atoms with van der Waals surface area (Å²) < 4.78 is 28.7. The summed E-state index contributed by atoms with van der Waals surface area (Å²) in [4.78, 5) is 13.1. The second-order valence-electron chi connectivity index (χ2n) is 5.74. The highest BCUT2D eigenvalue weighted by atomic mass is 19.1. The Balaban J connectivity index is 1.83. The molecule has 0 radical (unpaired) electrons. The number of hydrogen-bond donors (Lipinski definition) is 1. The molecule has 1 fully saturated rings. The minimum absolute atomic E-state index is 0.233. The number of carboxylic acids is 1. The maximum atomic E-state index is 13.8. The third-order valence-corrected chi connectivity index (χ3v) is 4.03. The molecule has 1 atom stereocenters. The number of benzene rings is 1. The fourth-order valence-electron chi connectivity index (χ4n) is 2.60. The van der Waals surface area contributed by atoms with Gasteiger partial charge in [-0.05, 0) is 38.0 Å². The zero-order valence-electron chi connectivity index (χ0n) is 12.6. The van der Waals surface area contributed by atoms with Gasteiger partial charge in [-0.2, -0.15) is 5.10 Å². The largest absolute Gasteiger partial charge is 0.480 e. The average molecular weight is 321 g/mol. The van der Waals surface area contributed by atoms with Crippen LogP contribution < -0.4 is 0 Å². The van der Waals surface area contributed by atoms with Crippen LogP contribution in [0.4, 0.5) is 8.78 Å². The van der Waals surface area contributed by atoms with Crippen molar-refractivity contribution >= 4 is 5.97 Å². The van der Waals surface area contributed by atoms with E-state index in [9.17, 15) is 18.7 Å². The molecule has 2 aromatic rings. The number of halogens is 2. The molecule has 1 heterocycles. The third kappa shape index (κ3) is 3.24. The maximum Gasteiger partial charge on any atom is 0.320 e. The summed E-state index contributed by atoms with van der Waals surface area (Å²) >= 11 is 0. The monoisotopic (exact) mass is 321 g/mol. The van der Waals surface area contributed by atoms with Crippen LogP contribution in [0, 0.1) is 11.6 Å². The quantitative estimate of drug-likeness (QED) is 0.888. The molecule has 0 spiro atoms. The van der Waals surface area contributed by atoms with Crippen LogP contribution in [0.1, 0.15) is 25.5 Å². The molecule has 1 aliphatic carbocycles. The van der Waals surface area contributed by atoms with E-state index in [0.29, 0.717) is 12.2 Å². The van der Waals surface area contributed by atoms with Crippen LogP contribution in [0.15, 0.2) is 30.5 Å². The van der Waals surface area contributed by atoms with Crippen LogP contribution >= 0.6 is 0 Å². The molecule has 1 unspecified atom stereocenters. The van der Waals surface area contributed by atoms with Crippen LogP contribution in [0.5, 0.6) is 0 Å². The van der Waals surface area contributed by atoms with Crippen LogP contribution in [-0.2, 0) is 11.3 Å². The van der Waals surface area contributed by atoms with Crippen LogP contribution in [0.25, 0.3) is 5.69 Å². The van der Waals surface area contributed by atoms with Crippen molar-refractivity contribution in [1.82, 2.24) is 14.7 Å². The van der Waals surface area contributed by atoms with Crippen molar-refractivity contribution in [3.05, 3.63) is 47.8 Å². The third-order valence-electron chi connectivity index (χ3n) is 4.03. The van der Waals surface area contributed by atoms with Gasteiger partial charge < -0.3 is 5.11 Å². The molecule has 0 saturated heterocycles. The predicted octanol–water partition coefficient (Wildman–Crippen LogP) is 2.59. The number of aromatic nitrogens is 2. The fraction of sp³-hybridized carbons (Fsp3) is 0.375. The molecule has 23 heavy (non-hydrogen) atoms. The Morgan fingerprint density at radius 1 is 1.39 bits per heavy atom. The molecule has 1 N–H and O–H groups in total. The lowest BCUT2D eigenvalue weighted by Gasteiger charge is -2.25. The number of aliphatic carboxylic acids is 1. The first-order valence-corrected chi connectivity index (χ1v) is 7.45. The summed E-state index contributed by atoms with van der Waals surface area (Å²) in [5.41, 5.74) is 0.343. The van der Waals surface area contributed by atoms with Gasteiger partial charge in [0.25, 0.3) is 0 Å². The van der Waals surface area contributed by atoms with E-state index in [2.05, 4.69) is 5.10 Å². The molecule has 1 aliphatic rings. The lowest BCUT2D eigenvalue weighted by atomic mass is 10.2. The summed E-state index contributed by atoms with van der Waals surface area (Å²) in [7, 11) is 0. The lowest BCUT2D eigenvalue weighted by molar-refractivity contribution is -0.143. The van der Waals surface area contributed by atoms with Crippen molar-refractivity contribution in [1.29, 1.82) is 0 Å². The number of nitrogens with zero attached hydrogens (tertiary/aromatic N) is 3. The van der Waals surface area contributed by atoms with E-state index in [4.69, 9.17) is 0 Å². The molecular formula is C16H17F2N3O2. The molecule has 0 bridgehead atoms. The molecule has 5 nitrogen and oxygen atoms in total. The maximum absolute atomic E-state index is 13.8. The summed E-state index contributed by atoms with van der Waals surface area (Å²) in [6, 6.07) is 4.89. The first-order chi connectivity index (χ1) is 11.0. The number of rotatable bonds is 6. The second-order valence-corrected chi connectivity index (χ2v) is 5.74. The van der Waals surface area contributed by atoms with E-state index < -0.39 is 23.6 Å². The minimum atomic E-state index is -0.892. The standard InChI is InChI=1S/C16H17F2N3O2/c1-10(16(22)23)20(12-5-6-12)9-11-7-8-21(19-11)15-13(17)3-2-4-14(15)18/h2-4,7-8,10,12H,5-6,9H2,1H3,(H,22,23). The Morgan fingerprint density at radius 2 is 2.04 bits per heavy atom. The first-order valence-electron chi connectivity index (χ1n) is 7.45. The Hall–Kier alpha value is -2.28. The normalized spacial score (nSPS) is 15.8. The zero-order valence-corrected chi connectivity index (χ0v) is 12.6. The summed E-state index contributed by atoms with van der Waals surface area (Å²) in [6.07, 6.45) is 3.40. The van der Waals surface area contributed by atoms with Crippen molar-refractivity contribution in [3.63, 3.8) is 0 Å². The second kappa shape index (κ2) is 6.08. The molecule has 122 valence electrons. The van der Waals surface area contributed by atoms with Gasteiger partial charge in [-0.3, -0.25) is 9.69 Å². The molecule has 1 aromatic heterocycles. The number of carbonyl (C=O) groups is 1. The SMILES string of the molecule is CC(C(=O)O)N(Cc1ccn(-c2c(F)cccc2F)n1)C1CC1. The molecule has 1 aromatic carbocycles.